The topological polar surface area (TPSA) is 36.1 Å². The zero-order valence-electron chi connectivity index (χ0n) is 14.4. The van der Waals surface area contributed by atoms with Gasteiger partial charge in [-0.1, -0.05) is 17.7 Å². The standard InChI is InChI=1S/C21H22N2O/c1-13-6-9-20-16(11-13)5-4-10-23(20)21(24)17-7-8-19-18(12-17)14(2)15(3)22-19/h6-9,11-12,22H,4-5,10H2,1-3H3. The van der Waals surface area contributed by atoms with Crippen LogP contribution in [-0.2, 0) is 6.42 Å². The first-order chi connectivity index (χ1) is 11.5. The van der Waals surface area contributed by atoms with Crippen LogP contribution in [0.3, 0.4) is 0 Å². The molecule has 1 aliphatic heterocycles. The molecule has 0 saturated heterocycles. The van der Waals surface area contributed by atoms with Crippen molar-refractivity contribution in [2.24, 2.45) is 0 Å². The lowest BCUT2D eigenvalue weighted by Crippen LogP contribution is -2.35. The Morgan fingerprint density at radius 2 is 1.92 bits per heavy atom. The van der Waals surface area contributed by atoms with E-state index in [0.29, 0.717) is 0 Å². The van der Waals surface area contributed by atoms with Gasteiger partial charge in [0.1, 0.15) is 0 Å². The maximum atomic E-state index is 13.1. The molecule has 0 aliphatic carbocycles. The lowest BCUT2D eigenvalue weighted by Gasteiger charge is -2.30. The van der Waals surface area contributed by atoms with Crippen molar-refractivity contribution in [2.45, 2.75) is 33.6 Å². The minimum absolute atomic E-state index is 0.0972. The summed E-state index contributed by atoms with van der Waals surface area (Å²) in [5.41, 5.74) is 7.84. The Balaban J connectivity index is 1.76. The number of hydrogen-bond acceptors (Lipinski definition) is 1. The predicted octanol–water partition coefficient (Wildman–Crippen LogP) is 4.69. The van der Waals surface area contributed by atoms with Gasteiger partial charge in [0.05, 0.1) is 0 Å². The number of carbonyl (C=O) groups is 1. The SMILES string of the molecule is Cc1ccc2c(c1)CCCN2C(=O)c1ccc2[nH]c(C)c(C)c2c1. The van der Waals surface area contributed by atoms with Crippen LogP contribution in [0.5, 0.6) is 0 Å². The maximum Gasteiger partial charge on any atom is 0.258 e. The molecule has 1 aromatic heterocycles. The molecule has 4 rings (SSSR count). The van der Waals surface area contributed by atoms with Crippen LogP contribution in [0.4, 0.5) is 5.69 Å². The minimum atomic E-state index is 0.0972. The number of H-pyrrole nitrogens is 1. The number of nitrogens with zero attached hydrogens (tertiary/aromatic N) is 1. The van der Waals surface area contributed by atoms with E-state index in [1.807, 2.05) is 23.1 Å². The van der Waals surface area contributed by atoms with Crippen molar-refractivity contribution in [1.29, 1.82) is 0 Å². The number of aromatic amines is 1. The Kier molecular flexibility index (Phi) is 3.45. The van der Waals surface area contributed by atoms with Crippen molar-refractivity contribution >= 4 is 22.5 Å². The Bertz CT molecular complexity index is 952. The molecule has 0 bridgehead atoms. The van der Waals surface area contributed by atoms with Crippen LogP contribution in [0.25, 0.3) is 10.9 Å². The fourth-order valence-electron chi connectivity index (χ4n) is 3.69. The number of benzene rings is 2. The van der Waals surface area contributed by atoms with Crippen molar-refractivity contribution < 1.29 is 4.79 Å². The first-order valence-electron chi connectivity index (χ1n) is 8.55. The van der Waals surface area contributed by atoms with Gasteiger partial charge in [-0.05, 0) is 69.0 Å². The molecular weight excluding hydrogens is 296 g/mol. The number of rotatable bonds is 1. The van der Waals surface area contributed by atoms with Crippen molar-refractivity contribution in [3.8, 4) is 0 Å². The molecular formula is C21H22N2O. The number of anilines is 1. The van der Waals surface area contributed by atoms with Gasteiger partial charge in [-0.3, -0.25) is 4.79 Å². The lowest BCUT2D eigenvalue weighted by molar-refractivity contribution is 0.0985. The summed E-state index contributed by atoms with van der Waals surface area (Å²) in [6, 6.07) is 12.4. The number of amides is 1. The summed E-state index contributed by atoms with van der Waals surface area (Å²) >= 11 is 0. The highest BCUT2D eigenvalue weighted by Gasteiger charge is 2.24. The third kappa shape index (κ3) is 2.32. The summed E-state index contributed by atoms with van der Waals surface area (Å²) in [6.07, 6.45) is 2.07. The summed E-state index contributed by atoms with van der Waals surface area (Å²) in [4.78, 5) is 18.4. The van der Waals surface area contributed by atoms with E-state index in [4.69, 9.17) is 0 Å². The van der Waals surface area contributed by atoms with E-state index < -0.39 is 0 Å². The van der Waals surface area contributed by atoms with Gasteiger partial charge >= 0.3 is 0 Å². The summed E-state index contributed by atoms with van der Waals surface area (Å²) < 4.78 is 0. The first-order valence-corrected chi connectivity index (χ1v) is 8.55. The number of aromatic nitrogens is 1. The van der Waals surface area contributed by atoms with Crippen LogP contribution in [0.2, 0.25) is 0 Å². The molecule has 1 N–H and O–H groups in total. The zero-order valence-corrected chi connectivity index (χ0v) is 14.4. The smallest absolute Gasteiger partial charge is 0.258 e. The van der Waals surface area contributed by atoms with E-state index in [2.05, 4.69) is 44.0 Å². The van der Waals surface area contributed by atoms with Gasteiger partial charge in [0.25, 0.3) is 5.91 Å². The fourth-order valence-corrected chi connectivity index (χ4v) is 3.69. The molecule has 3 nitrogen and oxygen atoms in total. The molecule has 24 heavy (non-hydrogen) atoms. The van der Waals surface area contributed by atoms with Gasteiger partial charge in [-0.25, -0.2) is 0 Å². The van der Waals surface area contributed by atoms with Crippen molar-refractivity contribution in [3.63, 3.8) is 0 Å². The first kappa shape index (κ1) is 15.0. The van der Waals surface area contributed by atoms with Gasteiger partial charge < -0.3 is 9.88 Å². The molecule has 0 atom stereocenters. The number of carbonyl (C=O) groups excluding carboxylic acids is 1. The van der Waals surface area contributed by atoms with Crippen LogP contribution < -0.4 is 4.90 Å². The highest BCUT2D eigenvalue weighted by atomic mass is 16.2. The highest BCUT2D eigenvalue weighted by molar-refractivity contribution is 6.08. The van der Waals surface area contributed by atoms with Gasteiger partial charge in [0.2, 0.25) is 0 Å². The minimum Gasteiger partial charge on any atom is -0.358 e. The molecule has 122 valence electrons. The molecule has 0 unspecified atom stereocenters. The molecule has 0 saturated carbocycles. The second-order valence-corrected chi connectivity index (χ2v) is 6.83. The third-order valence-electron chi connectivity index (χ3n) is 5.15. The average Bonchev–Trinajstić information content (AvgIpc) is 2.87. The Morgan fingerprint density at radius 3 is 2.75 bits per heavy atom. The molecule has 3 aromatic rings. The number of aryl methyl sites for hydroxylation is 4. The van der Waals surface area contributed by atoms with Gasteiger partial charge in [-0.2, -0.15) is 0 Å². The zero-order chi connectivity index (χ0) is 16.8. The quantitative estimate of drug-likeness (QED) is 0.694. The number of hydrogen-bond donors (Lipinski definition) is 1. The van der Waals surface area contributed by atoms with Crippen LogP contribution in [0, 0.1) is 20.8 Å². The van der Waals surface area contributed by atoms with Crippen molar-refractivity contribution in [2.75, 3.05) is 11.4 Å². The van der Waals surface area contributed by atoms with E-state index in [9.17, 15) is 4.79 Å². The molecule has 1 aliphatic rings. The summed E-state index contributed by atoms with van der Waals surface area (Å²) in [5.74, 6) is 0.0972. The molecule has 0 fully saturated rings. The van der Waals surface area contributed by atoms with Gasteiger partial charge in [0.15, 0.2) is 0 Å². The van der Waals surface area contributed by atoms with Gasteiger partial charge in [-0.15, -0.1) is 0 Å². The van der Waals surface area contributed by atoms with E-state index in [1.165, 1.54) is 16.7 Å². The normalized spacial score (nSPS) is 14.0. The van der Waals surface area contributed by atoms with Crippen LogP contribution in [0.15, 0.2) is 36.4 Å². The lowest BCUT2D eigenvalue weighted by atomic mass is 9.98. The highest BCUT2D eigenvalue weighted by Crippen LogP contribution is 2.30. The number of fused-ring (bicyclic) bond motifs is 2. The van der Waals surface area contributed by atoms with E-state index >= 15 is 0 Å². The molecule has 0 spiro atoms. The molecule has 2 aromatic carbocycles. The molecule has 2 heterocycles. The Labute approximate surface area is 142 Å². The summed E-state index contributed by atoms with van der Waals surface area (Å²) in [6.45, 7) is 7.06. The maximum absolute atomic E-state index is 13.1. The summed E-state index contributed by atoms with van der Waals surface area (Å²) in [5, 5.41) is 1.14. The molecule has 1 amide bonds. The predicted molar refractivity (Wildman–Crippen MR) is 98.9 cm³/mol. The van der Waals surface area contributed by atoms with E-state index in [1.54, 1.807) is 0 Å². The molecule has 3 heteroatoms. The average molecular weight is 318 g/mol. The van der Waals surface area contributed by atoms with Crippen molar-refractivity contribution in [1.82, 2.24) is 4.98 Å². The monoisotopic (exact) mass is 318 g/mol. The summed E-state index contributed by atoms with van der Waals surface area (Å²) in [7, 11) is 0. The third-order valence-corrected chi connectivity index (χ3v) is 5.15. The Hall–Kier alpha value is -2.55. The number of nitrogens with one attached hydrogen (secondary N) is 1. The Morgan fingerprint density at radius 1 is 1.08 bits per heavy atom. The van der Waals surface area contributed by atoms with Gasteiger partial charge in [0, 0.05) is 34.4 Å². The van der Waals surface area contributed by atoms with Crippen LogP contribution in [-0.4, -0.2) is 17.4 Å². The second kappa shape index (κ2) is 5.52. The van der Waals surface area contributed by atoms with E-state index in [-0.39, 0.29) is 5.91 Å². The largest absolute Gasteiger partial charge is 0.358 e. The van der Waals surface area contributed by atoms with Crippen molar-refractivity contribution in [3.05, 3.63) is 64.3 Å². The van der Waals surface area contributed by atoms with Crippen LogP contribution in [0.1, 0.15) is 39.2 Å². The van der Waals surface area contributed by atoms with Crippen LogP contribution >= 0.6 is 0 Å². The second-order valence-electron chi connectivity index (χ2n) is 6.83. The van der Waals surface area contributed by atoms with E-state index in [0.717, 1.165) is 47.2 Å². The molecule has 0 radical (unpaired) electrons. The fraction of sp³-hybridized carbons (Fsp3) is 0.286.